The molecule has 264 valence electrons. The van der Waals surface area contributed by atoms with Gasteiger partial charge < -0.3 is 54.0 Å². The normalized spacial score (nSPS) is 25.4. The fraction of sp³-hybridized carbons (Fsp3) is 0.472. The molecule has 0 aliphatic carbocycles. The third-order valence-electron chi connectivity index (χ3n) is 9.09. The molecule has 0 radical (unpaired) electrons. The molecule has 6 rings (SSSR count). The Morgan fingerprint density at radius 2 is 1.82 bits per heavy atom. The summed E-state index contributed by atoms with van der Waals surface area (Å²) in [6, 6.07) is 14.7. The minimum atomic E-state index is -1.85. The second-order valence-electron chi connectivity index (χ2n) is 12.8. The summed E-state index contributed by atoms with van der Waals surface area (Å²) < 4.78 is 36.4. The Bertz CT molecular complexity index is 1630. The molecule has 1 fully saturated rings. The van der Waals surface area contributed by atoms with Crippen molar-refractivity contribution in [1.29, 1.82) is 0 Å². The predicted molar refractivity (Wildman–Crippen MR) is 175 cm³/mol. The molecule has 0 bridgehead atoms. The first-order valence-corrected chi connectivity index (χ1v) is 16.4. The first kappa shape index (κ1) is 34.7. The number of aliphatic carboxylic acids is 1. The van der Waals surface area contributed by atoms with Crippen LogP contribution in [0.5, 0.6) is 28.7 Å². The quantitative estimate of drug-likeness (QED) is 0.114. The highest BCUT2D eigenvalue weighted by molar-refractivity contribution is 5.75. The highest BCUT2D eigenvalue weighted by atomic mass is 16.7. The lowest BCUT2D eigenvalue weighted by Gasteiger charge is -2.38. The summed E-state index contributed by atoms with van der Waals surface area (Å²) in [7, 11) is 1.56. The maximum atomic E-state index is 11.7. The zero-order valence-electron chi connectivity index (χ0n) is 27.6. The number of aliphatic hydroxyl groups excluding tert-OH is 4. The van der Waals surface area contributed by atoms with Crippen LogP contribution in [0.3, 0.4) is 0 Å². The van der Waals surface area contributed by atoms with Crippen LogP contribution in [0.15, 0.2) is 48.5 Å². The van der Waals surface area contributed by atoms with Crippen LogP contribution >= 0.6 is 0 Å². The Hall–Kier alpha value is -4.11. The van der Waals surface area contributed by atoms with Crippen LogP contribution in [0, 0.1) is 5.92 Å². The lowest BCUT2D eigenvalue weighted by atomic mass is 9.83. The fourth-order valence-electron chi connectivity index (χ4n) is 6.62. The minimum Gasteiger partial charge on any atom is -0.492 e. The number of rotatable bonds is 13. The van der Waals surface area contributed by atoms with Crippen LogP contribution in [-0.2, 0) is 16.0 Å². The summed E-state index contributed by atoms with van der Waals surface area (Å²) >= 11 is 0. The van der Waals surface area contributed by atoms with Gasteiger partial charge in [-0.3, -0.25) is 5.32 Å². The number of fused-ring (bicyclic) bond motifs is 5. The van der Waals surface area contributed by atoms with Gasteiger partial charge in [0.1, 0.15) is 42.6 Å². The Morgan fingerprint density at radius 3 is 2.51 bits per heavy atom. The topological polar surface area (TPSA) is 186 Å². The second kappa shape index (κ2) is 14.8. The summed E-state index contributed by atoms with van der Waals surface area (Å²) in [4.78, 5) is 11.7. The number of methoxy groups -OCH3 is 1. The van der Waals surface area contributed by atoms with E-state index in [1.54, 1.807) is 19.2 Å². The molecule has 3 aromatic carbocycles. The third kappa shape index (κ3) is 6.87. The Morgan fingerprint density at radius 1 is 1.04 bits per heavy atom. The van der Waals surface area contributed by atoms with Gasteiger partial charge in [-0.25, -0.2) is 4.79 Å². The smallest absolute Gasteiger partial charge is 0.335 e. The first-order valence-electron chi connectivity index (χ1n) is 16.4. The molecule has 7 atom stereocenters. The zero-order valence-corrected chi connectivity index (χ0v) is 27.6. The van der Waals surface area contributed by atoms with Gasteiger partial charge in [0.25, 0.3) is 0 Å². The van der Waals surface area contributed by atoms with Gasteiger partial charge in [0, 0.05) is 23.8 Å². The van der Waals surface area contributed by atoms with Crippen molar-refractivity contribution in [3.8, 4) is 39.9 Å². The Balaban J connectivity index is 1.37. The van der Waals surface area contributed by atoms with Crippen LogP contribution in [0.25, 0.3) is 11.1 Å². The van der Waals surface area contributed by atoms with Crippen molar-refractivity contribution in [3.63, 3.8) is 0 Å². The maximum Gasteiger partial charge on any atom is 0.335 e. The van der Waals surface area contributed by atoms with Crippen LogP contribution in [0.1, 0.15) is 49.0 Å². The number of ether oxygens (including phenoxy) is 6. The van der Waals surface area contributed by atoms with Crippen LogP contribution < -0.4 is 29.0 Å². The Labute approximate surface area is 283 Å². The Kier molecular flexibility index (Phi) is 10.5. The molecule has 0 amide bonds. The minimum absolute atomic E-state index is 0.0841. The lowest BCUT2D eigenvalue weighted by molar-refractivity contribution is -0.271. The summed E-state index contributed by atoms with van der Waals surface area (Å²) in [6.07, 6.45) is -7.98. The number of hydrogen-bond acceptors (Lipinski definition) is 12. The molecular weight excluding hydrogens is 638 g/mol. The van der Waals surface area contributed by atoms with E-state index in [1.165, 1.54) is 0 Å². The number of carboxylic acid groups (broad SMARTS) is 1. The molecule has 13 nitrogen and oxygen atoms in total. The third-order valence-corrected chi connectivity index (χ3v) is 9.09. The summed E-state index contributed by atoms with van der Waals surface area (Å²) in [6.45, 7) is 5.52. The van der Waals surface area contributed by atoms with Gasteiger partial charge in [0.2, 0.25) is 12.0 Å². The van der Waals surface area contributed by atoms with Gasteiger partial charge in [-0.2, -0.15) is 0 Å². The van der Waals surface area contributed by atoms with E-state index in [-0.39, 0.29) is 31.6 Å². The lowest BCUT2D eigenvalue weighted by Crippen LogP contribution is -2.61. The molecule has 0 spiro atoms. The predicted octanol–water partition coefficient (Wildman–Crippen LogP) is 2.75. The molecule has 6 N–H and O–H groups in total. The molecule has 49 heavy (non-hydrogen) atoms. The number of nitrogens with one attached hydrogen (secondary N) is 1. The number of carboxylic acids is 1. The van der Waals surface area contributed by atoms with Crippen molar-refractivity contribution >= 4 is 5.97 Å². The summed E-state index contributed by atoms with van der Waals surface area (Å²) in [5, 5.41) is 53.9. The highest BCUT2D eigenvalue weighted by Gasteiger charge is 2.49. The van der Waals surface area contributed by atoms with Crippen molar-refractivity contribution in [2.45, 2.75) is 69.4 Å². The SMILES string of the molecule is COc1c(OCNCCC(C)C)cc(CCO)c2c1OC1c3c(cc(OC4OC(C(=O)O)C(O)C(O)C4O)cc3-c3ccccc3)OCC21. The molecule has 3 heterocycles. The average molecular weight is 682 g/mol. The highest BCUT2D eigenvalue weighted by Crippen LogP contribution is 2.59. The number of benzene rings is 3. The van der Waals surface area contributed by atoms with E-state index in [4.69, 9.17) is 28.4 Å². The van der Waals surface area contributed by atoms with Crippen molar-refractivity contribution in [2.75, 3.05) is 33.6 Å². The molecule has 0 aromatic heterocycles. The van der Waals surface area contributed by atoms with E-state index >= 15 is 0 Å². The van der Waals surface area contributed by atoms with Crippen LogP contribution in [0.2, 0.25) is 0 Å². The van der Waals surface area contributed by atoms with Crippen molar-refractivity contribution in [1.82, 2.24) is 5.32 Å². The molecule has 7 unspecified atom stereocenters. The number of hydrogen-bond donors (Lipinski definition) is 6. The van der Waals surface area contributed by atoms with E-state index in [2.05, 4.69) is 19.2 Å². The first-order chi connectivity index (χ1) is 23.6. The number of aliphatic hydroxyl groups is 4. The van der Waals surface area contributed by atoms with Gasteiger partial charge in [-0.1, -0.05) is 44.2 Å². The van der Waals surface area contributed by atoms with Crippen LogP contribution in [-0.4, -0.2) is 95.8 Å². The van der Waals surface area contributed by atoms with Gasteiger partial charge in [-0.15, -0.1) is 0 Å². The average Bonchev–Trinajstić information content (AvgIpc) is 3.48. The maximum absolute atomic E-state index is 11.7. The molecule has 3 aliphatic rings. The van der Waals surface area contributed by atoms with Gasteiger partial charge in [-0.05, 0) is 54.1 Å². The van der Waals surface area contributed by atoms with Gasteiger partial charge >= 0.3 is 5.97 Å². The van der Waals surface area contributed by atoms with Crippen molar-refractivity contribution in [3.05, 3.63) is 65.2 Å². The number of carbonyl (C=O) groups is 1. The standard InChI is InChI=1S/C36H43NO12/c1-18(2)9-11-37-17-46-25-13-20(10-12-38)26-23-16-45-24-15-21(47-36-30(41)28(39)29(40)34(49-36)35(42)43)14-22(19-7-5-4-6-8-19)27(24)31(23)48-33(26)32(25)44-3/h4-8,13-15,18,23,28-31,34,36-41H,9-12,16-17H2,1-3H3,(H,42,43). The largest absolute Gasteiger partial charge is 0.492 e. The van der Waals surface area contributed by atoms with Gasteiger partial charge in [0.05, 0.1) is 19.6 Å². The van der Waals surface area contributed by atoms with E-state index in [0.29, 0.717) is 40.9 Å². The second-order valence-corrected chi connectivity index (χ2v) is 12.8. The molecule has 0 saturated carbocycles. The summed E-state index contributed by atoms with van der Waals surface area (Å²) in [5.41, 5.74) is 3.94. The molecule has 3 aromatic rings. The molecule has 13 heteroatoms. The van der Waals surface area contributed by atoms with Crippen molar-refractivity contribution < 1.29 is 58.7 Å². The van der Waals surface area contributed by atoms with E-state index in [0.717, 1.165) is 35.2 Å². The molecule has 1 saturated heterocycles. The molecule has 3 aliphatic heterocycles. The van der Waals surface area contributed by atoms with Crippen molar-refractivity contribution in [2.24, 2.45) is 5.92 Å². The van der Waals surface area contributed by atoms with E-state index in [9.17, 15) is 30.3 Å². The summed E-state index contributed by atoms with van der Waals surface area (Å²) in [5.74, 6) is 0.832. The van der Waals surface area contributed by atoms with Gasteiger partial charge in [0.15, 0.2) is 17.6 Å². The molecular formula is C36H43NO12. The fourth-order valence-corrected chi connectivity index (χ4v) is 6.62. The zero-order chi connectivity index (χ0) is 34.8. The monoisotopic (exact) mass is 681 g/mol. The van der Waals surface area contributed by atoms with E-state index in [1.807, 2.05) is 36.4 Å². The van der Waals surface area contributed by atoms with E-state index < -0.39 is 42.8 Å². The van der Waals surface area contributed by atoms with Crippen LogP contribution in [0.4, 0.5) is 0 Å².